The van der Waals surface area contributed by atoms with E-state index in [1.807, 2.05) is 0 Å². The average molecular weight is 127 g/mol. The van der Waals surface area contributed by atoms with Crippen LogP contribution in [0.1, 0.15) is 19.3 Å². The molecular formula is C7H11O2. The van der Waals surface area contributed by atoms with Gasteiger partial charge >= 0.3 is 5.97 Å². The zero-order valence-corrected chi connectivity index (χ0v) is 5.43. The Morgan fingerprint density at radius 1 is 1.67 bits per heavy atom. The molecule has 9 heavy (non-hydrogen) atoms. The van der Waals surface area contributed by atoms with Gasteiger partial charge in [0.15, 0.2) is 0 Å². The highest BCUT2D eigenvalue weighted by atomic mass is 16.5. The molecule has 51 valence electrons. The van der Waals surface area contributed by atoms with Crippen LogP contribution in [0.5, 0.6) is 0 Å². The van der Waals surface area contributed by atoms with E-state index in [2.05, 4.69) is 11.7 Å². The molecule has 0 N–H and O–H groups in total. The van der Waals surface area contributed by atoms with Gasteiger partial charge in [-0.25, -0.2) is 0 Å². The van der Waals surface area contributed by atoms with Gasteiger partial charge in [-0.3, -0.25) is 4.79 Å². The van der Waals surface area contributed by atoms with Gasteiger partial charge in [0.05, 0.1) is 6.61 Å². The molecule has 0 aromatic heterocycles. The minimum absolute atomic E-state index is 0.0903. The molecular weight excluding hydrogens is 116 g/mol. The van der Waals surface area contributed by atoms with E-state index in [1.165, 1.54) is 12.8 Å². The van der Waals surface area contributed by atoms with Crippen LogP contribution in [0, 0.1) is 12.8 Å². The van der Waals surface area contributed by atoms with E-state index in [0.717, 1.165) is 0 Å². The Bertz CT molecular complexity index is 105. The minimum Gasteiger partial charge on any atom is -0.466 e. The van der Waals surface area contributed by atoms with Gasteiger partial charge in [-0.1, -0.05) is 0 Å². The highest BCUT2D eigenvalue weighted by Gasteiger charge is 2.24. The van der Waals surface area contributed by atoms with Crippen molar-refractivity contribution in [2.75, 3.05) is 6.61 Å². The SMILES string of the molecule is [CH2]COC(=O)CC1CC1. The topological polar surface area (TPSA) is 26.3 Å². The summed E-state index contributed by atoms with van der Waals surface area (Å²) < 4.78 is 4.64. The van der Waals surface area contributed by atoms with Crippen molar-refractivity contribution in [3.63, 3.8) is 0 Å². The molecule has 0 unspecified atom stereocenters. The molecule has 0 spiro atoms. The van der Waals surface area contributed by atoms with Crippen molar-refractivity contribution in [3.05, 3.63) is 6.92 Å². The van der Waals surface area contributed by atoms with Crippen LogP contribution in [-0.4, -0.2) is 12.6 Å². The first-order chi connectivity index (χ1) is 4.33. The van der Waals surface area contributed by atoms with Crippen LogP contribution in [0.15, 0.2) is 0 Å². The Hall–Kier alpha value is -0.530. The standard InChI is InChI=1S/C7H11O2/c1-2-9-7(8)5-6-3-4-6/h6H,1-5H2. The predicted molar refractivity (Wildman–Crippen MR) is 33.7 cm³/mol. The Kier molecular flexibility index (Phi) is 2.09. The molecule has 0 atom stereocenters. The van der Waals surface area contributed by atoms with E-state index in [4.69, 9.17) is 0 Å². The van der Waals surface area contributed by atoms with Crippen molar-refractivity contribution < 1.29 is 9.53 Å². The molecule has 0 bridgehead atoms. The highest BCUT2D eigenvalue weighted by molar-refractivity contribution is 5.70. The fourth-order valence-corrected chi connectivity index (χ4v) is 0.730. The molecule has 2 heteroatoms. The van der Waals surface area contributed by atoms with E-state index in [0.29, 0.717) is 12.3 Å². The molecule has 0 aromatic carbocycles. The van der Waals surface area contributed by atoms with Gasteiger partial charge in [0.1, 0.15) is 0 Å². The van der Waals surface area contributed by atoms with Gasteiger partial charge in [0, 0.05) is 6.42 Å². The summed E-state index contributed by atoms with van der Waals surface area (Å²) in [6.07, 6.45) is 3.01. The summed E-state index contributed by atoms with van der Waals surface area (Å²) in [5.74, 6) is 0.538. The molecule has 1 radical (unpaired) electrons. The first kappa shape index (κ1) is 6.59. The maximum atomic E-state index is 10.6. The van der Waals surface area contributed by atoms with Crippen LogP contribution in [0.3, 0.4) is 0 Å². The van der Waals surface area contributed by atoms with E-state index in [-0.39, 0.29) is 12.6 Å². The fraction of sp³-hybridized carbons (Fsp3) is 0.714. The number of hydrogen-bond acceptors (Lipinski definition) is 2. The Morgan fingerprint density at radius 2 is 2.33 bits per heavy atom. The van der Waals surface area contributed by atoms with Gasteiger partial charge in [-0.2, -0.15) is 0 Å². The van der Waals surface area contributed by atoms with Crippen molar-refractivity contribution in [1.82, 2.24) is 0 Å². The summed E-state index contributed by atoms with van der Waals surface area (Å²) in [6, 6.07) is 0. The predicted octanol–water partition coefficient (Wildman–Crippen LogP) is 1.16. The quantitative estimate of drug-likeness (QED) is 0.532. The summed E-state index contributed by atoms with van der Waals surface area (Å²) >= 11 is 0. The van der Waals surface area contributed by atoms with Gasteiger partial charge in [-0.05, 0) is 25.7 Å². The molecule has 0 amide bonds. The fourth-order valence-electron chi connectivity index (χ4n) is 0.730. The lowest BCUT2D eigenvalue weighted by atomic mass is 10.3. The summed E-state index contributed by atoms with van der Waals surface area (Å²) in [7, 11) is 0. The molecule has 0 saturated heterocycles. The van der Waals surface area contributed by atoms with Gasteiger partial charge in [0.2, 0.25) is 0 Å². The third-order valence-corrected chi connectivity index (χ3v) is 1.42. The maximum absolute atomic E-state index is 10.6. The zero-order chi connectivity index (χ0) is 6.69. The second kappa shape index (κ2) is 2.85. The maximum Gasteiger partial charge on any atom is 0.306 e. The molecule has 0 aliphatic heterocycles. The largest absolute Gasteiger partial charge is 0.466 e. The van der Waals surface area contributed by atoms with Crippen LogP contribution >= 0.6 is 0 Å². The third kappa shape index (κ3) is 2.49. The molecule has 1 aliphatic rings. The van der Waals surface area contributed by atoms with Crippen LogP contribution in [0.4, 0.5) is 0 Å². The lowest BCUT2D eigenvalue weighted by molar-refractivity contribution is -0.142. The molecule has 1 rings (SSSR count). The number of hydrogen-bond donors (Lipinski definition) is 0. The van der Waals surface area contributed by atoms with E-state index in [9.17, 15) is 4.79 Å². The van der Waals surface area contributed by atoms with Crippen molar-refractivity contribution in [1.29, 1.82) is 0 Å². The summed E-state index contributed by atoms with van der Waals surface area (Å²) in [4.78, 5) is 10.6. The van der Waals surface area contributed by atoms with Gasteiger partial charge in [0.25, 0.3) is 0 Å². The summed E-state index contributed by atoms with van der Waals surface area (Å²) in [5.41, 5.74) is 0. The second-order valence-electron chi connectivity index (χ2n) is 2.37. The lowest BCUT2D eigenvalue weighted by Gasteiger charge is -1.97. The van der Waals surface area contributed by atoms with Crippen LogP contribution < -0.4 is 0 Å². The number of carbonyl (C=O) groups is 1. The Balaban J connectivity index is 2.02. The molecule has 1 saturated carbocycles. The first-order valence-corrected chi connectivity index (χ1v) is 3.28. The van der Waals surface area contributed by atoms with E-state index in [1.54, 1.807) is 0 Å². The normalized spacial score (nSPS) is 17.4. The summed E-state index contributed by atoms with van der Waals surface area (Å²) in [5, 5.41) is 0. The van der Waals surface area contributed by atoms with Crippen LogP contribution in [0.2, 0.25) is 0 Å². The number of ether oxygens (including phenoxy) is 1. The average Bonchev–Trinajstić information content (AvgIpc) is 2.50. The monoisotopic (exact) mass is 127 g/mol. The smallest absolute Gasteiger partial charge is 0.306 e. The molecule has 0 heterocycles. The van der Waals surface area contributed by atoms with Gasteiger partial charge < -0.3 is 4.74 Å². The number of rotatable bonds is 3. The van der Waals surface area contributed by atoms with E-state index >= 15 is 0 Å². The number of esters is 1. The summed E-state index contributed by atoms with van der Waals surface area (Å²) in [6.45, 7) is 3.68. The van der Waals surface area contributed by atoms with Crippen LogP contribution in [0.25, 0.3) is 0 Å². The van der Waals surface area contributed by atoms with Crippen molar-refractivity contribution in [2.24, 2.45) is 5.92 Å². The zero-order valence-electron chi connectivity index (χ0n) is 5.43. The van der Waals surface area contributed by atoms with Crippen molar-refractivity contribution >= 4 is 5.97 Å². The molecule has 2 nitrogen and oxygen atoms in total. The van der Waals surface area contributed by atoms with Gasteiger partial charge in [-0.15, -0.1) is 0 Å². The third-order valence-electron chi connectivity index (χ3n) is 1.42. The lowest BCUT2D eigenvalue weighted by Crippen LogP contribution is -2.03. The Labute approximate surface area is 55.2 Å². The Morgan fingerprint density at radius 3 is 2.78 bits per heavy atom. The molecule has 0 aromatic rings. The number of carbonyl (C=O) groups excluding carboxylic acids is 1. The molecule has 1 aliphatic carbocycles. The minimum atomic E-state index is -0.0903. The van der Waals surface area contributed by atoms with Crippen LogP contribution in [-0.2, 0) is 9.53 Å². The highest BCUT2D eigenvalue weighted by Crippen LogP contribution is 2.32. The van der Waals surface area contributed by atoms with E-state index < -0.39 is 0 Å². The van der Waals surface area contributed by atoms with Crippen molar-refractivity contribution in [2.45, 2.75) is 19.3 Å². The first-order valence-electron chi connectivity index (χ1n) is 3.28. The van der Waals surface area contributed by atoms with Crippen molar-refractivity contribution in [3.8, 4) is 0 Å². The molecule has 1 fully saturated rings. The second-order valence-corrected chi connectivity index (χ2v) is 2.37.